The molecule has 27 heavy (non-hydrogen) atoms. The normalized spacial score (nSPS) is 12.9. The van der Waals surface area contributed by atoms with Gasteiger partial charge in [0.1, 0.15) is 11.6 Å². The van der Waals surface area contributed by atoms with Gasteiger partial charge in [-0.3, -0.25) is 9.59 Å². The lowest BCUT2D eigenvalue weighted by atomic mass is 9.99. The first-order chi connectivity index (χ1) is 12.9. The van der Waals surface area contributed by atoms with Crippen LogP contribution >= 0.6 is 0 Å². The maximum Gasteiger partial charge on any atom is 0.374 e. The lowest BCUT2D eigenvalue weighted by Gasteiger charge is -2.21. The van der Waals surface area contributed by atoms with E-state index in [0.29, 0.717) is 11.8 Å². The van der Waals surface area contributed by atoms with Crippen molar-refractivity contribution in [1.82, 2.24) is 5.32 Å². The Morgan fingerprint density at radius 3 is 2.59 bits per heavy atom. The number of benzene rings is 1. The van der Waals surface area contributed by atoms with E-state index >= 15 is 0 Å². The molecule has 0 aliphatic carbocycles. The number of carbonyl (C=O) groups is 3. The van der Waals surface area contributed by atoms with Gasteiger partial charge in [0.05, 0.1) is 12.5 Å². The van der Waals surface area contributed by atoms with Gasteiger partial charge in [-0.15, -0.1) is 0 Å². The van der Waals surface area contributed by atoms with Crippen LogP contribution in [0.5, 0.6) is 0 Å². The number of ether oxygens (including phenoxy) is 2. The minimum Gasteiger partial charge on any atom is -0.467 e. The molecule has 0 radical (unpaired) electrons. The molecule has 0 spiro atoms. The Bertz CT molecular complexity index is 902. The molecule has 2 aromatic rings. The summed E-state index contributed by atoms with van der Waals surface area (Å²) >= 11 is 0. The Morgan fingerprint density at radius 1 is 1.22 bits per heavy atom. The largest absolute Gasteiger partial charge is 0.467 e. The van der Waals surface area contributed by atoms with E-state index in [9.17, 15) is 19.2 Å². The average molecular weight is 375 g/mol. The van der Waals surface area contributed by atoms with Crippen molar-refractivity contribution >= 4 is 28.8 Å². The van der Waals surface area contributed by atoms with Gasteiger partial charge in [0.25, 0.3) is 5.91 Å². The maximum absolute atomic E-state index is 12.1. The van der Waals surface area contributed by atoms with Gasteiger partial charge in [0, 0.05) is 6.07 Å². The summed E-state index contributed by atoms with van der Waals surface area (Å²) in [5.74, 6) is -2.66. The van der Waals surface area contributed by atoms with Crippen LogP contribution in [0.15, 0.2) is 39.5 Å². The third-order valence-electron chi connectivity index (χ3n) is 4.15. The monoisotopic (exact) mass is 375 g/mol. The molecule has 8 heteroatoms. The van der Waals surface area contributed by atoms with Crippen LogP contribution < -0.4 is 10.7 Å². The topological polar surface area (TPSA) is 112 Å². The number of hydrogen-bond donors (Lipinski definition) is 1. The van der Waals surface area contributed by atoms with Crippen LogP contribution in [-0.2, 0) is 19.1 Å². The molecular formula is C19H21NO7. The lowest BCUT2D eigenvalue weighted by molar-refractivity contribution is -0.147. The van der Waals surface area contributed by atoms with Gasteiger partial charge < -0.3 is 19.2 Å². The summed E-state index contributed by atoms with van der Waals surface area (Å²) in [6.45, 7) is 3.03. The second kappa shape index (κ2) is 8.98. The molecule has 0 aliphatic rings. The molecule has 0 fully saturated rings. The third-order valence-corrected chi connectivity index (χ3v) is 4.15. The number of methoxy groups -OCH3 is 1. The summed E-state index contributed by atoms with van der Waals surface area (Å²) in [6, 6.07) is 6.63. The molecular weight excluding hydrogens is 354 g/mol. The van der Waals surface area contributed by atoms with Crippen molar-refractivity contribution in [3.63, 3.8) is 0 Å². The molecule has 2 atom stereocenters. The van der Waals surface area contributed by atoms with Crippen molar-refractivity contribution in [3.8, 4) is 0 Å². The summed E-state index contributed by atoms with van der Waals surface area (Å²) in [4.78, 5) is 47.9. The van der Waals surface area contributed by atoms with Crippen molar-refractivity contribution < 1.29 is 28.3 Å². The number of nitrogens with one attached hydrogen (secondary N) is 1. The van der Waals surface area contributed by atoms with Crippen molar-refractivity contribution in [2.75, 3.05) is 13.7 Å². The second-order valence-electron chi connectivity index (χ2n) is 6.00. The number of amides is 1. The Morgan fingerprint density at radius 2 is 1.93 bits per heavy atom. The van der Waals surface area contributed by atoms with E-state index in [4.69, 9.17) is 9.15 Å². The summed E-state index contributed by atoms with van der Waals surface area (Å²) in [5, 5.41) is 2.82. The van der Waals surface area contributed by atoms with Gasteiger partial charge in [0.15, 0.2) is 12.0 Å². The molecule has 0 unspecified atom stereocenters. The van der Waals surface area contributed by atoms with Crippen LogP contribution in [0, 0.1) is 5.92 Å². The fourth-order valence-corrected chi connectivity index (χ4v) is 2.42. The minimum atomic E-state index is -0.953. The maximum atomic E-state index is 12.1. The van der Waals surface area contributed by atoms with Gasteiger partial charge in [-0.05, 0) is 18.1 Å². The zero-order valence-electron chi connectivity index (χ0n) is 15.3. The minimum absolute atomic E-state index is 0.157. The van der Waals surface area contributed by atoms with Gasteiger partial charge in [0.2, 0.25) is 5.76 Å². The van der Waals surface area contributed by atoms with E-state index in [1.54, 1.807) is 31.2 Å². The number of fused-ring (bicyclic) bond motifs is 1. The van der Waals surface area contributed by atoms with Crippen molar-refractivity contribution in [2.45, 2.75) is 26.3 Å². The van der Waals surface area contributed by atoms with Gasteiger partial charge in [-0.1, -0.05) is 32.4 Å². The molecule has 1 heterocycles. The van der Waals surface area contributed by atoms with Gasteiger partial charge >= 0.3 is 11.9 Å². The first-order valence-electron chi connectivity index (χ1n) is 8.44. The van der Waals surface area contributed by atoms with Crippen LogP contribution in [0.3, 0.4) is 0 Å². The predicted octanol–water partition coefficient (Wildman–Crippen LogP) is 1.65. The Labute approximate surface area is 155 Å². The SMILES string of the molecule is CC[C@@H](C)[C@H](NC(=O)COC(=O)c1cc(=O)c2ccccc2o1)C(=O)OC. The van der Waals surface area contributed by atoms with Crippen LogP contribution in [0.1, 0.15) is 30.8 Å². The van der Waals surface area contributed by atoms with E-state index in [1.165, 1.54) is 7.11 Å². The summed E-state index contributed by atoms with van der Waals surface area (Å²) in [6.07, 6.45) is 0.641. The van der Waals surface area contributed by atoms with Gasteiger partial charge in [-0.25, -0.2) is 9.59 Å². The predicted molar refractivity (Wildman–Crippen MR) is 96.2 cm³/mol. The highest BCUT2D eigenvalue weighted by atomic mass is 16.5. The van der Waals surface area contributed by atoms with E-state index in [2.05, 4.69) is 10.1 Å². The zero-order valence-corrected chi connectivity index (χ0v) is 15.3. The van der Waals surface area contributed by atoms with Crippen LogP contribution in [0.4, 0.5) is 0 Å². The summed E-state index contributed by atoms with van der Waals surface area (Å²) < 4.78 is 14.9. The Balaban J connectivity index is 2.03. The van der Waals surface area contributed by atoms with E-state index in [-0.39, 0.29) is 17.3 Å². The lowest BCUT2D eigenvalue weighted by Crippen LogP contribution is -2.47. The highest BCUT2D eigenvalue weighted by Crippen LogP contribution is 2.13. The number of esters is 2. The molecule has 8 nitrogen and oxygen atoms in total. The molecule has 0 bridgehead atoms. The first kappa shape index (κ1) is 20.2. The van der Waals surface area contributed by atoms with Crippen LogP contribution in [0.2, 0.25) is 0 Å². The van der Waals surface area contributed by atoms with Crippen LogP contribution in [0.25, 0.3) is 11.0 Å². The summed E-state index contributed by atoms with van der Waals surface area (Å²) in [5.41, 5.74) is -0.153. The number of carbonyl (C=O) groups excluding carboxylic acids is 3. The van der Waals surface area contributed by atoms with Crippen LogP contribution in [-0.4, -0.2) is 37.6 Å². The fraction of sp³-hybridized carbons (Fsp3) is 0.368. The molecule has 0 saturated heterocycles. The highest BCUT2D eigenvalue weighted by molar-refractivity contribution is 5.91. The number of rotatable bonds is 7. The third kappa shape index (κ3) is 4.93. The van der Waals surface area contributed by atoms with Crippen molar-refractivity contribution in [3.05, 3.63) is 46.3 Å². The molecule has 0 aliphatic heterocycles. The van der Waals surface area contributed by atoms with Gasteiger partial charge in [-0.2, -0.15) is 0 Å². The quantitative estimate of drug-likeness (QED) is 0.732. The molecule has 2 rings (SSSR count). The smallest absolute Gasteiger partial charge is 0.374 e. The van der Waals surface area contributed by atoms with Crippen molar-refractivity contribution in [2.24, 2.45) is 5.92 Å². The Kier molecular flexibility index (Phi) is 6.70. The standard InChI is InChI=1S/C19H21NO7/c1-4-11(2)17(19(24)25-3)20-16(22)10-26-18(23)15-9-13(21)12-7-5-6-8-14(12)27-15/h5-9,11,17H,4,10H2,1-3H3,(H,20,22)/t11-,17+/m1/s1. The first-order valence-corrected chi connectivity index (χ1v) is 8.44. The molecule has 1 N–H and O–H groups in total. The number of para-hydroxylation sites is 1. The van der Waals surface area contributed by atoms with E-state index < -0.39 is 35.9 Å². The Hall–Kier alpha value is -3.16. The molecule has 1 aromatic heterocycles. The zero-order chi connectivity index (χ0) is 20.0. The molecule has 144 valence electrons. The average Bonchev–Trinajstić information content (AvgIpc) is 2.68. The van der Waals surface area contributed by atoms with E-state index in [0.717, 1.165) is 6.07 Å². The number of hydrogen-bond acceptors (Lipinski definition) is 7. The van der Waals surface area contributed by atoms with Crippen molar-refractivity contribution in [1.29, 1.82) is 0 Å². The molecule has 1 aromatic carbocycles. The molecule has 1 amide bonds. The highest BCUT2D eigenvalue weighted by Gasteiger charge is 2.27. The fourth-order valence-electron chi connectivity index (χ4n) is 2.42. The van der Waals surface area contributed by atoms with E-state index in [1.807, 2.05) is 6.92 Å². The second-order valence-corrected chi connectivity index (χ2v) is 6.00. The summed E-state index contributed by atoms with van der Waals surface area (Å²) in [7, 11) is 1.23. The molecule has 0 saturated carbocycles.